The van der Waals surface area contributed by atoms with Gasteiger partial charge in [0, 0.05) is 30.1 Å². The van der Waals surface area contributed by atoms with Gasteiger partial charge < -0.3 is 9.73 Å². The average Bonchev–Trinajstić information content (AvgIpc) is 3.13. The summed E-state index contributed by atoms with van der Waals surface area (Å²) in [5, 5.41) is 16.1. The van der Waals surface area contributed by atoms with Gasteiger partial charge in [-0.25, -0.2) is 4.68 Å². The van der Waals surface area contributed by atoms with E-state index in [2.05, 4.69) is 15.5 Å². The van der Waals surface area contributed by atoms with Crippen molar-refractivity contribution in [1.82, 2.24) is 25.3 Å². The molecule has 3 aliphatic rings. The number of fused-ring (bicyclic) bond motifs is 2. The standard InChI is InChI=1S/C23H25N5O2/c1-13-25-26-23(30-13)20-12-21(15-7-8-15)28(27-20)18-4-2-3-17(11-18)22(29)24-19-10-14-5-6-16(19)9-14/h2-4,11-12,14-16,19H,5-10H2,1H3,(H,24,29). The fourth-order valence-electron chi connectivity index (χ4n) is 5.23. The Balaban J connectivity index is 1.29. The number of carbonyl (C=O) groups excluding carboxylic acids is 1. The third kappa shape index (κ3) is 3.13. The van der Waals surface area contributed by atoms with Crippen molar-refractivity contribution in [3.63, 3.8) is 0 Å². The minimum Gasteiger partial charge on any atom is -0.420 e. The van der Waals surface area contributed by atoms with E-state index in [1.807, 2.05) is 35.0 Å². The normalized spacial score (nSPS) is 25.0. The number of aromatic nitrogens is 4. The van der Waals surface area contributed by atoms with E-state index in [9.17, 15) is 4.79 Å². The number of hydrogen-bond acceptors (Lipinski definition) is 5. The Morgan fingerprint density at radius 2 is 2.03 bits per heavy atom. The molecule has 2 bridgehead atoms. The molecule has 3 aromatic rings. The first-order valence-electron chi connectivity index (χ1n) is 11.0. The molecule has 0 aliphatic heterocycles. The molecule has 2 aromatic heterocycles. The molecular formula is C23H25N5O2. The van der Waals surface area contributed by atoms with E-state index in [1.54, 1.807) is 6.92 Å². The van der Waals surface area contributed by atoms with Gasteiger partial charge in [0.2, 0.25) is 5.89 Å². The lowest BCUT2D eigenvalue weighted by atomic mass is 9.95. The first-order chi connectivity index (χ1) is 14.6. The first kappa shape index (κ1) is 17.9. The number of rotatable bonds is 5. The lowest BCUT2D eigenvalue weighted by Crippen LogP contribution is -2.38. The smallest absolute Gasteiger partial charge is 0.268 e. The number of hydrogen-bond donors (Lipinski definition) is 1. The fraction of sp³-hybridized carbons (Fsp3) is 0.478. The highest BCUT2D eigenvalue weighted by Crippen LogP contribution is 2.44. The number of nitrogens with zero attached hydrogens (tertiary/aromatic N) is 4. The van der Waals surface area contributed by atoms with Gasteiger partial charge in [0.1, 0.15) is 5.69 Å². The first-order valence-corrected chi connectivity index (χ1v) is 11.0. The molecule has 6 rings (SSSR count). The van der Waals surface area contributed by atoms with Crippen molar-refractivity contribution in [3.8, 4) is 17.3 Å². The zero-order valence-electron chi connectivity index (χ0n) is 17.0. The van der Waals surface area contributed by atoms with Crippen molar-refractivity contribution in [3.05, 3.63) is 47.5 Å². The monoisotopic (exact) mass is 403 g/mol. The Morgan fingerprint density at radius 3 is 2.73 bits per heavy atom. The molecular weight excluding hydrogens is 378 g/mol. The topological polar surface area (TPSA) is 85.8 Å². The quantitative estimate of drug-likeness (QED) is 0.695. The summed E-state index contributed by atoms with van der Waals surface area (Å²) < 4.78 is 7.50. The van der Waals surface area contributed by atoms with Crippen LogP contribution < -0.4 is 5.32 Å². The summed E-state index contributed by atoms with van der Waals surface area (Å²) >= 11 is 0. The van der Waals surface area contributed by atoms with Gasteiger partial charge in [0.05, 0.1) is 5.69 Å². The van der Waals surface area contributed by atoms with Crippen LogP contribution in [0.5, 0.6) is 0 Å². The van der Waals surface area contributed by atoms with Gasteiger partial charge in [-0.3, -0.25) is 4.79 Å². The summed E-state index contributed by atoms with van der Waals surface area (Å²) in [5.41, 5.74) is 3.38. The minimum absolute atomic E-state index is 0.0160. The van der Waals surface area contributed by atoms with Crippen LogP contribution in [0.2, 0.25) is 0 Å². The van der Waals surface area contributed by atoms with Crippen LogP contribution in [0.1, 0.15) is 66.4 Å². The fourth-order valence-corrected chi connectivity index (χ4v) is 5.23. The van der Waals surface area contributed by atoms with Gasteiger partial charge >= 0.3 is 0 Å². The molecule has 3 saturated carbocycles. The van der Waals surface area contributed by atoms with Gasteiger partial charge in [-0.05, 0) is 68.2 Å². The van der Waals surface area contributed by atoms with E-state index in [1.165, 1.54) is 19.3 Å². The van der Waals surface area contributed by atoms with Crippen LogP contribution in [0.15, 0.2) is 34.7 Å². The number of carbonyl (C=O) groups is 1. The van der Waals surface area contributed by atoms with Gasteiger partial charge in [-0.1, -0.05) is 12.5 Å². The SMILES string of the molecule is Cc1nnc(-c2cc(C3CC3)n(-c3cccc(C(=O)NC4CC5CCC4C5)c3)n2)o1. The molecule has 3 fully saturated rings. The largest absolute Gasteiger partial charge is 0.420 e. The number of aryl methyl sites for hydroxylation is 1. The van der Waals surface area contributed by atoms with Crippen molar-refractivity contribution in [2.45, 2.75) is 57.4 Å². The Morgan fingerprint density at radius 1 is 1.13 bits per heavy atom. The van der Waals surface area contributed by atoms with Crippen LogP contribution in [0.4, 0.5) is 0 Å². The lowest BCUT2D eigenvalue weighted by Gasteiger charge is -2.23. The van der Waals surface area contributed by atoms with Gasteiger partial charge in [-0.2, -0.15) is 5.10 Å². The second kappa shape index (κ2) is 6.79. The molecule has 3 aliphatic carbocycles. The molecule has 3 unspecified atom stereocenters. The molecule has 0 radical (unpaired) electrons. The second-order valence-corrected chi connectivity index (χ2v) is 9.07. The van der Waals surface area contributed by atoms with Crippen LogP contribution in [0.25, 0.3) is 17.3 Å². The third-order valence-corrected chi connectivity index (χ3v) is 6.89. The maximum atomic E-state index is 12.9. The highest BCUT2D eigenvalue weighted by Gasteiger charge is 2.40. The second-order valence-electron chi connectivity index (χ2n) is 9.07. The van der Waals surface area contributed by atoms with Gasteiger partial charge in [0.25, 0.3) is 11.8 Å². The molecule has 0 saturated heterocycles. The molecule has 0 spiro atoms. The molecule has 1 N–H and O–H groups in total. The van der Waals surface area contributed by atoms with E-state index >= 15 is 0 Å². The van der Waals surface area contributed by atoms with Crippen LogP contribution in [0.3, 0.4) is 0 Å². The molecule has 7 nitrogen and oxygen atoms in total. The van der Waals surface area contributed by atoms with Crippen LogP contribution >= 0.6 is 0 Å². The van der Waals surface area contributed by atoms with E-state index < -0.39 is 0 Å². The Labute approximate surface area is 174 Å². The molecule has 3 atom stereocenters. The number of amides is 1. The molecule has 30 heavy (non-hydrogen) atoms. The highest BCUT2D eigenvalue weighted by atomic mass is 16.4. The van der Waals surface area contributed by atoms with E-state index in [0.29, 0.717) is 40.9 Å². The van der Waals surface area contributed by atoms with E-state index in [4.69, 9.17) is 9.52 Å². The predicted octanol–water partition coefficient (Wildman–Crippen LogP) is 4.03. The Hall–Kier alpha value is -2.96. The predicted molar refractivity (Wildman–Crippen MR) is 110 cm³/mol. The molecule has 7 heteroatoms. The molecule has 1 aromatic carbocycles. The summed E-state index contributed by atoms with van der Waals surface area (Å²) in [5.74, 6) is 2.92. The zero-order chi connectivity index (χ0) is 20.2. The molecule has 154 valence electrons. The summed E-state index contributed by atoms with van der Waals surface area (Å²) in [6.45, 7) is 1.77. The lowest BCUT2D eigenvalue weighted by molar-refractivity contribution is 0.0923. The summed E-state index contributed by atoms with van der Waals surface area (Å²) in [6, 6.07) is 10.1. The van der Waals surface area contributed by atoms with Crippen molar-refractivity contribution in [2.75, 3.05) is 0 Å². The number of nitrogens with one attached hydrogen (secondary N) is 1. The van der Waals surface area contributed by atoms with Crippen molar-refractivity contribution < 1.29 is 9.21 Å². The van der Waals surface area contributed by atoms with Crippen LogP contribution in [-0.2, 0) is 0 Å². The Kier molecular flexibility index (Phi) is 4.04. The van der Waals surface area contributed by atoms with Crippen LogP contribution in [0, 0.1) is 18.8 Å². The summed E-state index contributed by atoms with van der Waals surface area (Å²) in [4.78, 5) is 12.9. The highest BCUT2D eigenvalue weighted by molar-refractivity contribution is 5.95. The number of benzene rings is 1. The molecule has 1 amide bonds. The van der Waals surface area contributed by atoms with Gasteiger partial charge in [-0.15, -0.1) is 10.2 Å². The zero-order valence-corrected chi connectivity index (χ0v) is 17.0. The minimum atomic E-state index is 0.0160. The van der Waals surface area contributed by atoms with Crippen LogP contribution in [-0.4, -0.2) is 31.9 Å². The van der Waals surface area contributed by atoms with E-state index in [-0.39, 0.29) is 5.91 Å². The maximum Gasteiger partial charge on any atom is 0.268 e. The van der Waals surface area contributed by atoms with Crippen molar-refractivity contribution >= 4 is 5.91 Å². The van der Waals surface area contributed by atoms with Gasteiger partial charge in [0.15, 0.2) is 0 Å². The van der Waals surface area contributed by atoms with E-state index in [0.717, 1.165) is 36.6 Å². The average molecular weight is 403 g/mol. The maximum absolute atomic E-state index is 12.9. The van der Waals surface area contributed by atoms with Crippen molar-refractivity contribution in [1.29, 1.82) is 0 Å². The summed E-state index contributed by atoms with van der Waals surface area (Å²) in [7, 11) is 0. The Bertz CT molecular complexity index is 1110. The third-order valence-electron chi connectivity index (χ3n) is 6.89. The molecule has 2 heterocycles. The van der Waals surface area contributed by atoms with Crippen molar-refractivity contribution in [2.24, 2.45) is 11.8 Å². The summed E-state index contributed by atoms with van der Waals surface area (Å²) in [6.07, 6.45) is 7.30.